The Morgan fingerprint density at radius 2 is 1.68 bits per heavy atom. The van der Waals surface area contributed by atoms with Gasteiger partial charge in [-0.3, -0.25) is 4.79 Å². The van der Waals surface area contributed by atoms with E-state index in [1.165, 1.54) is 12.1 Å². The van der Waals surface area contributed by atoms with Crippen LogP contribution in [0.2, 0.25) is 0 Å². The van der Waals surface area contributed by atoms with Crippen LogP contribution < -0.4 is 4.90 Å². The number of alkyl halides is 3. The fourth-order valence-corrected chi connectivity index (χ4v) is 1.60. The lowest BCUT2D eigenvalue weighted by Gasteiger charge is -2.20. The Morgan fingerprint density at radius 1 is 1.16 bits per heavy atom. The van der Waals surface area contributed by atoms with Gasteiger partial charge < -0.3 is 9.80 Å². The molecule has 0 saturated carbocycles. The van der Waals surface area contributed by atoms with Gasteiger partial charge in [0.25, 0.3) is 5.91 Å². The minimum Gasteiger partial charge on any atom is -0.375 e. The van der Waals surface area contributed by atoms with Gasteiger partial charge in [0.2, 0.25) is 0 Å². The molecule has 0 aliphatic carbocycles. The first kappa shape index (κ1) is 15.3. The number of carbonyl (C=O) groups is 1. The van der Waals surface area contributed by atoms with E-state index in [2.05, 4.69) is 0 Å². The second kappa shape index (κ2) is 5.95. The van der Waals surface area contributed by atoms with Gasteiger partial charge in [-0.15, -0.1) is 0 Å². The minimum atomic E-state index is -4.38. The van der Waals surface area contributed by atoms with E-state index in [1.54, 1.807) is 12.1 Å². The summed E-state index contributed by atoms with van der Waals surface area (Å²) >= 11 is 0. The number of hydrogen-bond acceptors (Lipinski definition) is 2. The van der Waals surface area contributed by atoms with Crippen molar-refractivity contribution in [3.8, 4) is 0 Å². The maximum absolute atomic E-state index is 12.2. The summed E-state index contributed by atoms with van der Waals surface area (Å²) in [4.78, 5) is 14.4. The van der Waals surface area contributed by atoms with Crippen molar-refractivity contribution in [3.05, 3.63) is 29.8 Å². The molecular formula is C13H17F3N2O. The molecule has 0 spiro atoms. The number of hydrogen-bond donors (Lipinski definition) is 0. The summed E-state index contributed by atoms with van der Waals surface area (Å²) in [6, 6.07) is 6.52. The predicted molar refractivity (Wildman–Crippen MR) is 68.4 cm³/mol. The summed E-state index contributed by atoms with van der Waals surface area (Å²) in [5.74, 6) is -0.636. The van der Waals surface area contributed by atoms with Crippen LogP contribution in [0.25, 0.3) is 0 Å². The van der Waals surface area contributed by atoms with Crippen LogP contribution in [-0.4, -0.2) is 44.2 Å². The second-order valence-corrected chi connectivity index (χ2v) is 4.34. The van der Waals surface area contributed by atoms with Gasteiger partial charge in [-0.2, -0.15) is 13.2 Å². The molecule has 0 aliphatic heterocycles. The Labute approximate surface area is 110 Å². The van der Waals surface area contributed by atoms with E-state index >= 15 is 0 Å². The van der Waals surface area contributed by atoms with Crippen LogP contribution in [0.4, 0.5) is 18.9 Å². The average molecular weight is 274 g/mol. The van der Waals surface area contributed by atoms with Crippen molar-refractivity contribution in [2.45, 2.75) is 13.1 Å². The summed E-state index contributed by atoms with van der Waals surface area (Å²) in [6.07, 6.45) is -4.38. The molecule has 0 atom stereocenters. The van der Waals surface area contributed by atoms with Crippen molar-refractivity contribution in [1.82, 2.24) is 4.90 Å². The van der Waals surface area contributed by atoms with Crippen LogP contribution in [0, 0.1) is 0 Å². The Morgan fingerprint density at radius 3 is 2.11 bits per heavy atom. The fourth-order valence-electron chi connectivity index (χ4n) is 1.60. The number of nitrogens with zero attached hydrogens (tertiary/aromatic N) is 2. The monoisotopic (exact) mass is 274 g/mol. The lowest BCUT2D eigenvalue weighted by molar-refractivity contribution is -0.138. The van der Waals surface area contributed by atoms with Gasteiger partial charge in [0.15, 0.2) is 0 Å². The van der Waals surface area contributed by atoms with Crippen molar-refractivity contribution in [2.24, 2.45) is 0 Å². The maximum Gasteiger partial charge on any atom is 0.406 e. The first-order chi connectivity index (χ1) is 8.74. The number of halogens is 3. The Balaban J connectivity index is 2.78. The van der Waals surface area contributed by atoms with Gasteiger partial charge in [-0.1, -0.05) is 0 Å². The molecule has 0 aromatic heterocycles. The number of amides is 1. The van der Waals surface area contributed by atoms with Crippen LogP contribution in [0.15, 0.2) is 24.3 Å². The van der Waals surface area contributed by atoms with E-state index in [9.17, 15) is 18.0 Å². The van der Waals surface area contributed by atoms with E-state index in [1.807, 2.05) is 18.9 Å². The molecule has 0 heterocycles. The molecule has 0 bridgehead atoms. The highest BCUT2D eigenvalue weighted by molar-refractivity contribution is 5.94. The molecule has 106 valence electrons. The third-order valence-electron chi connectivity index (χ3n) is 2.79. The van der Waals surface area contributed by atoms with Gasteiger partial charge in [0.1, 0.15) is 6.54 Å². The molecule has 3 nitrogen and oxygen atoms in total. The molecule has 0 fully saturated rings. The van der Waals surface area contributed by atoms with Gasteiger partial charge >= 0.3 is 6.18 Å². The van der Waals surface area contributed by atoms with E-state index < -0.39 is 18.6 Å². The normalized spacial score (nSPS) is 11.3. The first-order valence-electron chi connectivity index (χ1n) is 5.88. The van der Waals surface area contributed by atoms with Crippen LogP contribution in [0.3, 0.4) is 0 Å². The molecule has 19 heavy (non-hydrogen) atoms. The smallest absolute Gasteiger partial charge is 0.375 e. The third kappa shape index (κ3) is 4.46. The van der Waals surface area contributed by atoms with Crippen molar-refractivity contribution >= 4 is 11.6 Å². The lowest BCUT2D eigenvalue weighted by Crippen LogP contribution is -2.35. The summed E-state index contributed by atoms with van der Waals surface area (Å²) < 4.78 is 36.6. The molecule has 1 amide bonds. The van der Waals surface area contributed by atoms with Crippen LogP contribution in [-0.2, 0) is 0 Å². The summed E-state index contributed by atoms with van der Waals surface area (Å²) in [5.41, 5.74) is 1.16. The molecule has 0 unspecified atom stereocenters. The number of rotatable bonds is 4. The molecule has 0 aliphatic rings. The fraction of sp³-hybridized carbons (Fsp3) is 0.462. The zero-order valence-corrected chi connectivity index (χ0v) is 11.2. The van der Waals surface area contributed by atoms with Gasteiger partial charge in [0, 0.05) is 31.9 Å². The average Bonchev–Trinajstić information content (AvgIpc) is 2.35. The Hall–Kier alpha value is -1.72. The summed E-state index contributed by atoms with van der Waals surface area (Å²) in [7, 11) is 3.04. The largest absolute Gasteiger partial charge is 0.406 e. The van der Waals surface area contributed by atoms with Crippen LogP contribution in [0.1, 0.15) is 17.3 Å². The first-order valence-corrected chi connectivity index (χ1v) is 5.88. The molecule has 0 radical (unpaired) electrons. The molecule has 1 rings (SSSR count). The van der Waals surface area contributed by atoms with Gasteiger partial charge in [-0.05, 0) is 31.2 Å². The SMILES string of the molecule is CCN(C)c1ccc(C(=O)N(C)CC(F)(F)F)cc1. The topological polar surface area (TPSA) is 23.6 Å². The lowest BCUT2D eigenvalue weighted by atomic mass is 10.1. The predicted octanol–water partition coefficient (Wildman–Crippen LogP) is 2.78. The van der Waals surface area contributed by atoms with E-state index in [4.69, 9.17) is 0 Å². The van der Waals surface area contributed by atoms with E-state index in [0.29, 0.717) is 4.90 Å². The van der Waals surface area contributed by atoms with Gasteiger partial charge in [-0.25, -0.2) is 0 Å². The molecular weight excluding hydrogens is 257 g/mol. The highest BCUT2D eigenvalue weighted by Crippen LogP contribution is 2.18. The van der Waals surface area contributed by atoms with Crippen molar-refractivity contribution in [2.75, 3.05) is 32.1 Å². The zero-order chi connectivity index (χ0) is 14.6. The summed E-state index contributed by atoms with van der Waals surface area (Å²) in [5, 5.41) is 0. The molecule has 0 N–H and O–H groups in total. The summed E-state index contributed by atoms with van der Waals surface area (Å²) in [6.45, 7) is 1.54. The maximum atomic E-state index is 12.2. The minimum absolute atomic E-state index is 0.250. The number of carbonyl (C=O) groups excluding carboxylic acids is 1. The molecule has 0 saturated heterocycles. The second-order valence-electron chi connectivity index (χ2n) is 4.34. The van der Waals surface area contributed by atoms with Crippen molar-refractivity contribution in [1.29, 1.82) is 0 Å². The molecule has 6 heteroatoms. The number of benzene rings is 1. The van der Waals surface area contributed by atoms with Gasteiger partial charge in [0.05, 0.1) is 0 Å². The molecule has 1 aromatic rings. The van der Waals surface area contributed by atoms with Crippen LogP contribution in [0.5, 0.6) is 0 Å². The zero-order valence-electron chi connectivity index (χ0n) is 11.2. The highest BCUT2D eigenvalue weighted by atomic mass is 19.4. The van der Waals surface area contributed by atoms with E-state index in [-0.39, 0.29) is 5.56 Å². The quantitative estimate of drug-likeness (QED) is 0.843. The molecule has 1 aromatic carbocycles. The standard InChI is InChI=1S/C13H17F3N2O/c1-4-17(2)11-7-5-10(6-8-11)12(19)18(3)9-13(14,15)16/h5-8H,4,9H2,1-3H3. The highest BCUT2D eigenvalue weighted by Gasteiger charge is 2.31. The van der Waals surface area contributed by atoms with E-state index in [0.717, 1.165) is 19.3 Å². The van der Waals surface area contributed by atoms with Crippen molar-refractivity contribution in [3.63, 3.8) is 0 Å². The Bertz CT molecular complexity index is 429. The number of anilines is 1. The van der Waals surface area contributed by atoms with Crippen LogP contribution >= 0.6 is 0 Å². The Kier molecular flexibility index (Phi) is 4.80. The third-order valence-corrected chi connectivity index (χ3v) is 2.79. The van der Waals surface area contributed by atoms with Crippen molar-refractivity contribution < 1.29 is 18.0 Å².